The molecule has 2 amide bonds. The lowest BCUT2D eigenvalue weighted by Gasteiger charge is -2.31. The van der Waals surface area contributed by atoms with Gasteiger partial charge in [0.1, 0.15) is 5.00 Å². The first kappa shape index (κ1) is 16.8. The molecule has 0 radical (unpaired) electrons. The van der Waals surface area contributed by atoms with E-state index in [1.807, 2.05) is 0 Å². The molecule has 5 saturated carbocycles. The third-order valence-corrected chi connectivity index (χ3v) is 8.18. The molecule has 6 rings (SSSR count). The Bertz CT molecular complexity index is 737. The number of rotatable bonds is 6. The van der Waals surface area contributed by atoms with Crippen molar-refractivity contribution in [2.24, 2.45) is 23.2 Å². The third-order valence-electron chi connectivity index (χ3n) is 7.27. The Morgan fingerprint density at radius 1 is 1.19 bits per heavy atom. The van der Waals surface area contributed by atoms with E-state index in [1.165, 1.54) is 19.3 Å². The van der Waals surface area contributed by atoms with Crippen LogP contribution in [-0.2, 0) is 4.79 Å². The van der Waals surface area contributed by atoms with Crippen molar-refractivity contribution in [1.29, 1.82) is 0 Å². The Morgan fingerprint density at radius 3 is 2.58 bits per heavy atom. The van der Waals surface area contributed by atoms with E-state index in [1.54, 1.807) is 11.3 Å². The largest absolute Gasteiger partial charge is 0.352 e. The van der Waals surface area contributed by atoms with Gasteiger partial charge in [-0.2, -0.15) is 0 Å². The third kappa shape index (κ3) is 2.54. The number of amides is 2. The van der Waals surface area contributed by atoms with Crippen LogP contribution in [0.15, 0.2) is 5.38 Å². The highest BCUT2D eigenvalue weighted by atomic mass is 32.1. The molecule has 0 aliphatic heterocycles. The molecule has 2 atom stereocenters. The van der Waals surface area contributed by atoms with Gasteiger partial charge in [0.2, 0.25) is 5.91 Å². The lowest BCUT2D eigenvalue weighted by Crippen LogP contribution is -2.37. The minimum atomic E-state index is -0.144. The minimum absolute atomic E-state index is 0.0139. The van der Waals surface area contributed by atoms with Gasteiger partial charge < -0.3 is 10.6 Å². The van der Waals surface area contributed by atoms with Crippen LogP contribution in [-0.4, -0.2) is 18.4 Å². The Hall–Kier alpha value is -1.36. The van der Waals surface area contributed by atoms with Crippen LogP contribution in [0.4, 0.5) is 5.00 Å². The summed E-state index contributed by atoms with van der Waals surface area (Å²) in [6, 6.07) is 0. The smallest absolute Gasteiger partial charge is 0.254 e. The summed E-state index contributed by atoms with van der Waals surface area (Å²) in [7, 11) is 0. The molecule has 5 fully saturated rings. The first-order valence-corrected chi connectivity index (χ1v) is 11.2. The number of thiophene rings is 1. The molecule has 2 unspecified atom stereocenters. The highest BCUT2D eigenvalue weighted by Gasteiger charge is 2.61. The fourth-order valence-corrected chi connectivity index (χ4v) is 7.15. The van der Waals surface area contributed by atoms with Crippen LogP contribution in [0.1, 0.15) is 80.1 Å². The molecular weight excluding hydrogens is 344 g/mol. The number of hydrogen-bond donors (Lipinski definition) is 2. The van der Waals surface area contributed by atoms with E-state index in [2.05, 4.69) is 22.9 Å². The molecule has 5 aliphatic carbocycles. The maximum Gasteiger partial charge on any atom is 0.254 e. The van der Waals surface area contributed by atoms with Gasteiger partial charge in [-0.1, -0.05) is 6.92 Å². The molecule has 1 heterocycles. The monoisotopic (exact) mass is 372 g/mol. The molecule has 0 spiro atoms. The molecule has 26 heavy (non-hydrogen) atoms. The first-order valence-electron chi connectivity index (χ1n) is 10.3. The quantitative estimate of drug-likeness (QED) is 0.771. The van der Waals surface area contributed by atoms with Crippen molar-refractivity contribution in [1.82, 2.24) is 5.32 Å². The molecule has 1 aromatic rings. The van der Waals surface area contributed by atoms with Crippen LogP contribution in [0.3, 0.4) is 0 Å². The zero-order valence-electron chi connectivity index (χ0n) is 15.5. The van der Waals surface area contributed by atoms with Gasteiger partial charge in [-0.05, 0) is 86.0 Å². The SMILES string of the molecule is CCCNC(=O)c1c(C2CC2)csc1NC(=O)C12CC3CC(CC1C3)C2. The van der Waals surface area contributed by atoms with Gasteiger partial charge in [-0.15, -0.1) is 11.3 Å². The number of carbonyl (C=O) groups is 2. The van der Waals surface area contributed by atoms with E-state index >= 15 is 0 Å². The van der Waals surface area contributed by atoms with Gasteiger partial charge in [-0.3, -0.25) is 9.59 Å². The molecule has 5 heteroatoms. The van der Waals surface area contributed by atoms with Crippen LogP contribution in [0.25, 0.3) is 0 Å². The summed E-state index contributed by atoms with van der Waals surface area (Å²) < 4.78 is 0. The first-order chi connectivity index (χ1) is 12.6. The molecule has 4 nitrogen and oxygen atoms in total. The van der Waals surface area contributed by atoms with Crippen molar-refractivity contribution in [2.75, 3.05) is 11.9 Å². The molecule has 5 aliphatic rings. The van der Waals surface area contributed by atoms with Crippen molar-refractivity contribution < 1.29 is 9.59 Å². The van der Waals surface area contributed by atoms with Gasteiger partial charge in [0.25, 0.3) is 5.91 Å². The topological polar surface area (TPSA) is 58.2 Å². The Kier molecular flexibility index (Phi) is 3.93. The van der Waals surface area contributed by atoms with E-state index in [9.17, 15) is 9.59 Å². The number of hydrogen-bond acceptors (Lipinski definition) is 3. The number of anilines is 1. The van der Waals surface area contributed by atoms with E-state index in [-0.39, 0.29) is 17.2 Å². The summed E-state index contributed by atoms with van der Waals surface area (Å²) in [5.41, 5.74) is 1.75. The van der Waals surface area contributed by atoms with Crippen LogP contribution >= 0.6 is 11.3 Å². The van der Waals surface area contributed by atoms with Crippen LogP contribution in [0.2, 0.25) is 0 Å². The molecule has 1 aromatic heterocycles. The van der Waals surface area contributed by atoms with Crippen LogP contribution < -0.4 is 10.6 Å². The van der Waals surface area contributed by atoms with E-state index in [4.69, 9.17) is 0 Å². The van der Waals surface area contributed by atoms with Crippen molar-refractivity contribution in [3.63, 3.8) is 0 Å². The average molecular weight is 373 g/mol. The van der Waals surface area contributed by atoms with Gasteiger partial charge in [0, 0.05) is 6.54 Å². The molecule has 0 saturated heterocycles. The zero-order chi connectivity index (χ0) is 17.9. The fourth-order valence-electron chi connectivity index (χ4n) is 6.11. The minimum Gasteiger partial charge on any atom is -0.352 e. The van der Waals surface area contributed by atoms with E-state index in [0.29, 0.717) is 18.4 Å². The van der Waals surface area contributed by atoms with E-state index < -0.39 is 0 Å². The Labute approximate surface area is 159 Å². The van der Waals surface area contributed by atoms with Crippen molar-refractivity contribution in [3.8, 4) is 0 Å². The second-order valence-electron chi connectivity index (χ2n) is 9.08. The second kappa shape index (κ2) is 6.08. The molecular formula is C21H28N2O2S. The summed E-state index contributed by atoms with van der Waals surface area (Å²) in [4.78, 5) is 26.1. The van der Waals surface area contributed by atoms with Gasteiger partial charge in [0.05, 0.1) is 11.0 Å². The molecule has 4 bridgehead atoms. The van der Waals surface area contributed by atoms with Crippen molar-refractivity contribution in [3.05, 3.63) is 16.5 Å². The average Bonchev–Trinajstić information content (AvgIpc) is 3.27. The summed E-state index contributed by atoms with van der Waals surface area (Å²) in [6.45, 7) is 2.74. The molecule has 140 valence electrons. The van der Waals surface area contributed by atoms with Crippen LogP contribution in [0.5, 0.6) is 0 Å². The highest BCUT2D eigenvalue weighted by Crippen LogP contribution is 2.65. The fraction of sp³-hybridized carbons (Fsp3) is 0.714. The Balaban J connectivity index is 1.40. The van der Waals surface area contributed by atoms with Crippen molar-refractivity contribution in [2.45, 2.75) is 64.2 Å². The molecule has 0 aromatic carbocycles. The predicted molar refractivity (Wildman–Crippen MR) is 104 cm³/mol. The van der Waals surface area contributed by atoms with E-state index in [0.717, 1.165) is 60.1 Å². The normalized spacial score (nSPS) is 34.3. The standard InChI is InChI=1S/C21H28N2O2S/c1-2-5-22-18(24)17-16(14-3-4-14)11-26-19(17)23-20(25)21-9-12-6-13(10-21)8-15(21)7-12/h11-15H,2-10H2,1H3,(H,22,24)(H,23,25). The maximum absolute atomic E-state index is 13.3. The Morgan fingerprint density at radius 2 is 1.92 bits per heavy atom. The molecule has 2 N–H and O–H groups in total. The lowest BCUT2D eigenvalue weighted by atomic mass is 9.75. The maximum atomic E-state index is 13.3. The van der Waals surface area contributed by atoms with Gasteiger partial charge >= 0.3 is 0 Å². The summed E-state index contributed by atoms with van der Waals surface area (Å²) in [6.07, 6.45) is 9.19. The van der Waals surface area contributed by atoms with Gasteiger partial charge in [-0.25, -0.2) is 0 Å². The highest BCUT2D eigenvalue weighted by molar-refractivity contribution is 7.15. The summed E-state index contributed by atoms with van der Waals surface area (Å²) >= 11 is 1.54. The summed E-state index contributed by atoms with van der Waals surface area (Å²) in [5.74, 6) is 2.79. The predicted octanol–water partition coefficient (Wildman–Crippen LogP) is 4.53. The van der Waals surface area contributed by atoms with Gasteiger partial charge in [0.15, 0.2) is 0 Å². The lowest BCUT2D eigenvalue weighted by molar-refractivity contribution is -0.127. The number of carbonyl (C=O) groups excluding carboxylic acids is 2. The zero-order valence-corrected chi connectivity index (χ0v) is 16.3. The second-order valence-corrected chi connectivity index (χ2v) is 9.96. The van der Waals surface area contributed by atoms with Crippen LogP contribution in [0, 0.1) is 23.2 Å². The number of nitrogens with one attached hydrogen (secondary N) is 2. The van der Waals surface area contributed by atoms with Crippen molar-refractivity contribution >= 4 is 28.2 Å². The summed E-state index contributed by atoms with van der Waals surface area (Å²) in [5, 5.41) is 9.14.